The van der Waals surface area contributed by atoms with Gasteiger partial charge >= 0.3 is 0 Å². The average Bonchev–Trinajstić information content (AvgIpc) is 3.18. The molecular weight excluding hydrogens is 450 g/mol. The van der Waals surface area contributed by atoms with Crippen LogP contribution in [0.15, 0.2) is 72.8 Å². The molecule has 5 rings (SSSR count). The fourth-order valence-corrected chi connectivity index (χ4v) is 5.57. The van der Waals surface area contributed by atoms with E-state index in [0.717, 1.165) is 49.4 Å². The molecule has 0 unspecified atom stereocenters. The highest BCUT2D eigenvalue weighted by molar-refractivity contribution is 7.21. The van der Waals surface area contributed by atoms with Crippen LogP contribution < -0.4 is 11.1 Å². The molecular formula is C30H27N3OS. The van der Waals surface area contributed by atoms with Crippen LogP contribution in [-0.2, 0) is 0 Å². The summed E-state index contributed by atoms with van der Waals surface area (Å²) in [4.78, 5) is 19.6. The smallest absolute Gasteiger partial charge is 0.267 e. The average molecular weight is 478 g/mol. The quantitative estimate of drug-likeness (QED) is 0.279. The fraction of sp³-hybridized carbons (Fsp3) is 0.133. The SMILES string of the molecule is Cc1ccc(-c2cc(-c3ccccc3)nc3sc(C(=O)Nc4c(C)cc(C)cc4C)c(N)c23)cc1. The van der Waals surface area contributed by atoms with Gasteiger partial charge in [-0.2, -0.15) is 0 Å². The van der Waals surface area contributed by atoms with Crippen molar-refractivity contribution in [2.75, 3.05) is 11.1 Å². The number of nitrogen functional groups attached to an aromatic ring is 1. The first-order valence-electron chi connectivity index (χ1n) is 11.6. The summed E-state index contributed by atoms with van der Waals surface area (Å²) >= 11 is 1.34. The molecule has 35 heavy (non-hydrogen) atoms. The Balaban J connectivity index is 1.67. The molecule has 0 aliphatic rings. The van der Waals surface area contributed by atoms with Crippen molar-refractivity contribution in [3.63, 3.8) is 0 Å². The number of aryl methyl sites for hydroxylation is 4. The number of hydrogen-bond donors (Lipinski definition) is 2. The zero-order valence-corrected chi connectivity index (χ0v) is 21.1. The summed E-state index contributed by atoms with van der Waals surface area (Å²) in [5, 5.41) is 3.92. The lowest BCUT2D eigenvalue weighted by Gasteiger charge is -2.12. The molecule has 3 aromatic carbocycles. The number of fused-ring (bicyclic) bond motifs is 1. The molecule has 0 saturated carbocycles. The molecule has 1 amide bonds. The third-order valence-electron chi connectivity index (χ3n) is 6.25. The standard InChI is InChI=1S/C30H27N3OS/c1-17-10-12-21(13-11-17)23-16-24(22-8-6-5-7-9-22)32-30-25(23)26(31)28(35-30)29(34)33-27-19(3)14-18(2)15-20(27)4/h5-16H,31H2,1-4H3,(H,33,34). The van der Waals surface area contributed by atoms with Gasteiger partial charge < -0.3 is 11.1 Å². The van der Waals surface area contributed by atoms with Crippen LogP contribution in [-0.4, -0.2) is 10.9 Å². The lowest BCUT2D eigenvalue weighted by atomic mass is 9.98. The van der Waals surface area contributed by atoms with Crippen molar-refractivity contribution in [3.05, 3.63) is 99.9 Å². The van der Waals surface area contributed by atoms with E-state index in [1.54, 1.807) is 0 Å². The van der Waals surface area contributed by atoms with Gasteiger partial charge in [-0.05, 0) is 56.0 Å². The highest BCUT2D eigenvalue weighted by Gasteiger charge is 2.22. The van der Waals surface area contributed by atoms with Crippen molar-refractivity contribution in [2.24, 2.45) is 0 Å². The Morgan fingerprint density at radius 3 is 2.14 bits per heavy atom. The Kier molecular flexibility index (Phi) is 5.87. The normalized spacial score (nSPS) is 11.1. The van der Waals surface area contributed by atoms with Gasteiger partial charge in [0.25, 0.3) is 5.91 Å². The van der Waals surface area contributed by atoms with Gasteiger partial charge in [0.1, 0.15) is 9.71 Å². The first-order valence-corrected chi connectivity index (χ1v) is 12.4. The molecule has 0 radical (unpaired) electrons. The summed E-state index contributed by atoms with van der Waals surface area (Å²) in [5.41, 5.74) is 16.3. The number of hydrogen-bond acceptors (Lipinski definition) is 4. The van der Waals surface area contributed by atoms with E-state index in [-0.39, 0.29) is 5.91 Å². The number of aromatic nitrogens is 1. The molecule has 2 aromatic heterocycles. The maximum atomic E-state index is 13.4. The van der Waals surface area contributed by atoms with E-state index in [0.29, 0.717) is 10.6 Å². The Hall–Kier alpha value is -3.96. The van der Waals surface area contributed by atoms with Crippen LogP contribution in [0, 0.1) is 27.7 Å². The highest BCUT2D eigenvalue weighted by Crippen LogP contribution is 2.41. The summed E-state index contributed by atoms with van der Waals surface area (Å²) in [5.74, 6) is -0.211. The van der Waals surface area contributed by atoms with Crippen molar-refractivity contribution in [3.8, 4) is 22.4 Å². The molecule has 0 aliphatic carbocycles. The van der Waals surface area contributed by atoms with Crippen LogP contribution in [0.3, 0.4) is 0 Å². The number of carbonyl (C=O) groups excluding carboxylic acids is 1. The third-order valence-corrected chi connectivity index (χ3v) is 7.35. The predicted molar refractivity (Wildman–Crippen MR) is 148 cm³/mol. The van der Waals surface area contributed by atoms with Gasteiger partial charge in [-0.25, -0.2) is 4.98 Å². The van der Waals surface area contributed by atoms with Crippen molar-refractivity contribution < 1.29 is 4.79 Å². The Morgan fingerprint density at radius 1 is 0.829 bits per heavy atom. The Labute approximate surface area is 209 Å². The van der Waals surface area contributed by atoms with Crippen LogP contribution in [0.25, 0.3) is 32.6 Å². The van der Waals surface area contributed by atoms with Gasteiger partial charge in [-0.15, -0.1) is 11.3 Å². The number of nitrogens with two attached hydrogens (primary N) is 1. The van der Waals surface area contributed by atoms with Crippen molar-refractivity contribution in [2.45, 2.75) is 27.7 Å². The van der Waals surface area contributed by atoms with Crippen molar-refractivity contribution >= 4 is 38.8 Å². The van der Waals surface area contributed by atoms with E-state index in [2.05, 4.69) is 61.6 Å². The zero-order valence-electron chi connectivity index (χ0n) is 20.3. The molecule has 0 spiro atoms. The molecule has 174 valence electrons. The maximum absolute atomic E-state index is 13.4. The van der Waals surface area contributed by atoms with E-state index in [1.807, 2.05) is 44.2 Å². The number of rotatable bonds is 4. The van der Waals surface area contributed by atoms with E-state index in [9.17, 15) is 4.79 Å². The molecule has 0 bridgehead atoms. The number of carbonyl (C=O) groups is 1. The number of anilines is 2. The van der Waals surface area contributed by atoms with E-state index in [4.69, 9.17) is 10.7 Å². The van der Waals surface area contributed by atoms with Crippen molar-refractivity contribution in [1.29, 1.82) is 0 Å². The molecule has 0 fully saturated rings. The largest absolute Gasteiger partial charge is 0.397 e. The second-order valence-electron chi connectivity index (χ2n) is 9.04. The number of nitrogens with zero attached hydrogens (tertiary/aromatic N) is 1. The summed E-state index contributed by atoms with van der Waals surface area (Å²) in [6.07, 6.45) is 0. The summed E-state index contributed by atoms with van der Waals surface area (Å²) in [6.45, 7) is 8.14. The lowest BCUT2D eigenvalue weighted by Crippen LogP contribution is -2.14. The molecule has 0 saturated heterocycles. The molecule has 3 N–H and O–H groups in total. The highest BCUT2D eigenvalue weighted by atomic mass is 32.1. The summed E-state index contributed by atoms with van der Waals surface area (Å²) in [7, 11) is 0. The molecule has 4 nitrogen and oxygen atoms in total. The van der Waals surface area contributed by atoms with Gasteiger partial charge in [-0.3, -0.25) is 4.79 Å². The zero-order chi connectivity index (χ0) is 24.7. The van der Waals surface area contributed by atoms with Gasteiger partial charge in [0.05, 0.1) is 11.4 Å². The molecule has 0 atom stereocenters. The lowest BCUT2D eigenvalue weighted by molar-refractivity contribution is 0.103. The van der Waals surface area contributed by atoms with E-state index < -0.39 is 0 Å². The maximum Gasteiger partial charge on any atom is 0.267 e. The van der Waals surface area contributed by atoms with Gasteiger partial charge in [0.2, 0.25) is 0 Å². The third kappa shape index (κ3) is 4.31. The summed E-state index contributed by atoms with van der Waals surface area (Å²) < 4.78 is 0. The minimum Gasteiger partial charge on any atom is -0.397 e. The van der Waals surface area contributed by atoms with Crippen LogP contribution in [0.4, 0.5) is 11.4 Å². The predicted octanol–water partition coefficient (Wildman–Crippen LogP) is 7.70. The van der Waals surface area contributed by atoms with E-state index >= 15 is 0 Å². The van der Waals surface area contributed by atoms with Crippen LogP contribution in [0.5, 0.6) is 0 Å². The Morgan fingerprint density at radius 2 is 1.49 bits per heavy atom. The van der Waals surface area contributed by atoms with Gasteiger partial charge in [0.15, 0.2) is 0 Å². The Bertz CT molecular complexity index is 1540. The molecule has 5 aromatic rings. The number of thiophene rings is 1. The first-order chi connectivity index (χ1) is 16.8. The van der Waals surface area contributed by atoms with Crippen LogP contribution >= 0.6 is 11.3 Å². The monoisotopic (exact) mass is 477 g/mol. The summed E-state index contributed by atoms with van der Waals surface area (Å²) in [6, 6.07) is 24.6. The minimum absolute atomic E-state index is 0.211. The minimum atomic E-state index is -0.211. The fourth-order valence-electron chi connectivity index (χ4n) is 4.55. The second-order valence-corrected chi connectivity index (χ2v) is 10.0. The molecule has 2 heterocycles. The van der Waals surface area contributed by atoms with Crippen LogP contribution in [0.1, 0.15) is 31.9 Å². The van der Waals surface area contributed by atoms with Crippen molar-refractivity contribution in [1.82, 2.24) is 4.98 Å². The second kappa shape index (κ2) is 9.01. The topological polar surface area (TPSA) is 68.0 Å². The first kappa shape index (κ1) is 22.8. The molecule has 0 aliphatic heterocycles. The number of pyridine rings is 1. The number of amides is 1. The van der Waals surface area contributed by atoms with Gasteiger partial charge in [0, 0.05) is 16.6 Å². The van der Waals surface area contributed by atoms with Crippen LogP contribution in [0.2, 0.25) is 0 Å². The molecule has 5 heteroatoms. The number of nitrogens with one attached hydrogen (secondary N) is 1. The van der Waals surface area contributed by atoms with E-state index in [1.165, 1.54) is 22.5 Å². The van der Waals surface area contributed by atoms with Gasteiger partial charge in [-0.1, -0.05) is 77.9 Å². The number of benzene rings is 3.